The summed E-state index contributed by atoms with van der Waals surface area (Å²) in [5, 5.41) is 8.73. The first-order valence-corrected chi connectivity index (χ1v) is 8.37. The van der Waals surface area contributed by atoms with Crippen LogP contribution in [0.25, 0.3) is 6.08 Å². The van der Waals surface area contributed by atoms with Gasteiger partial charge in [0.2, 0.25) is 11.8 Å². The highest BCUT2D eigenvalue weighted by atomic mass is 16.4. The van der Waals surface area contributed by atoms with Crippen LogP contribution in [0.4, 0.5) is 5.69 Å². The lowest BCUT2D eigenvalue weighted by Gasteiger charge is -2.16. The molecule has 1 heterocycles. The van der Waals surface area contributed by atoms with Gasteiger partial charge in [0.15, 0.2) is 0 Å². The molecule has 0 aliphatic carbocycles. The smallest absolute Gasteiger partial charge is 0.328 e. The van der Waals surface area contributed by atoms with Crippen LogP contribution in [-0.4, -0.2) is 22.9 Å². The van der Waals surface area contributed by atoms with Crippen molar-refractivity contribution >= 4 is 29.5 Å². The van der Waals surface area contributed by atoms with Crippen LogP contribution < -0.4 is 4.90 Å². The monoisotopic (exact) mass is 349 g/mol. The van der Waals surface area contributed by atoms with Crippen molar-refractivity contribution in [3.05, 3.63) is 71.3 Å². The fourth-order valence-corrected chi connectivity index (χ4v) is 3.18. The number of carbonyl (C=O) groups is 3. The molecule has 132 valence electrons. The van der Waals surface area contributed by atoms with Crippen LogP contribution in [0.5, 0.6) is 0 Å². The van der Waals surface area contributed by atoms with Crippen LogP contribution in [-0.2, 0) is 20.8 Å². The predicted octanol–water partition coefficient (Wildman–Crippen LogP) is 3.22. The Morgan fingerprint density at radius 2 is 1.96 bits per heavy atom. The van der Waals surface area contributed by atoms with E-state index in [2.05, 4.69) is 0 Å². The fraction of sp³-hybridized carbons (Fsp3) is 0.190. The second-order valence-electron chi connectivity index (χ2n) is 6.43. The molecule has 1 atom stereocenters. The van der Waals surface area contributed by atoms with E-state index in [0.29, 0.717) is 17.7 Å². The second kappa shape index (κ2) is 7.35. The summed E-state index contributed by atoms with van der Waals surface area (Å²) in [6.45, 7) is 1.99. The van der Waals surface area contributed by atoms with E-state index < -0.39 is 5.97 Å². The highest BCUT2D eigenvalue weighted by Crippen LogP contribution is 2.29. The van der Waals surface area contributed by atoms with Crippen molar-refractivity contribution in [2.45, 2.75) is 19.8 Å². The van der Waals surface area contributed by atoms with Gasteiger partial charge in [0.25, 0.3) is 0 Å². The molecule has 0 saturated carbocycles. The molecule has 1 fully saturated rings. The zero-order chi connectivity index (χ0) is 18.7. The Labute approximate surface area is 151 Å². The normalized spacial score (nSPS) is 17.3. The Hall–Kier alpha value is -3.21. The van der Waals surface area contributed by atoms with E-state index in [0.717, 1.165) is 17.2 Å². The number of benzene rings is 2. The van der Waals surface area contributed by atoms with Gasteiger partial charge in [-0.3, -0.25) is 14.5 Å². The topological polar surface area (TPSA) is 74.7 Å². The lowest BCUT2D eigenvalue weighted by molar-refractivity contribution is -0.131. The first-order chi connectivity index (χ1) is 12.4. The average Bonchev–Trinajstić information content (AvgIpc) is 2.87. The molecule has 5 nitrogen and oxygen atoms in total. The third-order valence-electron chi connectivity index (χ3n) is 4.35. The van der Waals surface area contributed by atoms with Gasteiger partial charge < -0.3 is 5.11 Å². The second-order valence-corrected chi connectivity index (χ2v) is 6.43. The molecule has 0 radical (unpaired) electrons. The molecule has 1 saturated heterocycles. The average molecular weight is 349 g/mol. The number of aliphatic carboxylic acids is 1. The SMILES string of the molecule is Cc1cccc(C[C@@H]2CC(=O)N(c3cccc(/C=C/C(=O)O)c3)C2=O)c1. The minimum atomic E-state index is -1.05. The van der Waals surface area contributed by atoms with Gasteiger partial charge in [-0.15, -0.1) is 0 Å². The third-order valence-corrected chi connectivity index (χ3v) is 4.35. The van der Waals surface area contributed by atoms with Crippen LogP contribution in [0.3, 0.4) is 0 Å². The number of rotatable bonds is 5. The molecule has 0 spiro atoms. The molecule has 5 heteroatoms. The number of carbonyl (C=O) groups excluding carboxylic acids is 2. The minimum Gasteiger partial charge on any atom is -0.478 e. The molecule has 2 aromatic rings. The van der Waals surface area contributed by atoms with E-state index in [9.17, 15) is 14.4 Å². The summed E-state index contributed by atoms with van der Waals surface area (Å²) in [7, 11) is 0. The quantitative estimate of drug-likeness (QED) is 0.664. The zero-order valence-electron chi connectivity index (χ0n) is 14.4. The Kier molecular flexibility index (Phi) is 4.98. The number of hydrogen-bond donors (Lipinski definition) is 1. The summed E-state index contributed by atoms with van der Waals surface area (Å²) in [5.41, 5.74) is 3.25. The maximum Gasteiger partial charge on any atom is 0.328 e. The van der Waals surface area contributed by atoms with Gasteiger partial charge >= 0.3 is 5.97 Å². The van der Waals surface area contributed by atoms with Crippen molar-refractivity contribution in [3.8, 4) is 0 Å². The molecule has 2 amide bonds. The first-order valence-electron chi connectivity index (χ1n) is 8.37. The maximum absolute atomic E-state index is 12.8. The van der Waals surface area contributed by atoms with Crippen molar-refractivity contribution in [2.24, 2.45) is 5.92 Å². The summed E-state index contributed by atoms with van der Waals surface area (Å²) in [6.07, 6.45) is 3.16. The Morgan fingerprint density at radius 3 is 2.69 bits per heavy atom. The van der Waals surface area contributed by atoms with E-state index in [4.69, 9.17) is 5.11 Å². The van der Waals surface area contributed by atoms with Gasteiger partial charge in [-0.1, -0.05) is 42.0 Å². The zero-order valence-corrected chi connectivity index (χ0v) is 14.4. The highest BCUT2D eigenvalue weighted by molar-refractivity contribution is 6.21. The summed E-state index contributed by atoms with van der Waals surface area (Å²) in [5.74, 6) is -1.87. The number of imide groups is 1. The largest absolute Gasteiger partial charge is 0.478 e. The number of anilines is 1. The van der Waals surface area contributed by atoms with Crippen molar-refractivity contribution in [3.63, 3.8) is 0 Å². The molecule has 26 heavy (non-hydrogen) atoms. The Morgan fingerprint density at radius 1 is 1.19 bits per heavy atom. The van der Waals surface area contributed by atoms with Crippen molar-refractivity contribution in [2.75, 3.05) is 4.90 Å². The van der Waals surface area contributed by atoms with Gasteiger partial charge in [-0.05, 0) is 42.7 Å². The molecule has 3 rings (SSSR count). The van der Waals surface area contributed by atoms with Crippen LogP contribution in [0.2, 0.25) is 0 Å². The molecule has 1 aliphatic heterocycles. The van der Waals surface area contributed by atoms with Gasteiger partial charge in [0.1, 0.15) is 0 Å². The molecular formula is C21H19NO4. The van der Waals surface area contributed by atoms with E-state index in [1.54, 1.807) is 24.3 Å². The molecule has 1 aliphatic rings. The fourth-order valence-electron chi connectivity index (χ4n) is 3.18. The third kappa shape index (κ3) is 3.88. The summed E-state index contributed by atoms with van der Waals surface area (Å²) >= 11 is 0. The number of aryl methyl sites for hydroxylation is 1. The Bertz CT molecular complexity index is 900. The van der Waals surface area contributed by atoms with Crippen molar-refractivity contribution < 1.29 is 19.5 Å². The van der Waals surface area contributed by atoms with Crippen LogP contribution in [0.1, 0.15) is 23.1 Å². The lowest BCUT2D eigenvalue weighted by atomic mass is 9.97. The van der Waals surface area contributed by atoms with Gasteiger partial charge in [0.05, 0.1) is 11.6 Å². The molecule has 2 aromatic carbocycles. The number of carboxylic acids is 1. The van der Waals surface area contributed by atoms with Crippen molar-refractivity contribution in [1.82, 2.24) is 0 Å². The van der Waals surface area contributed by atoms with Crippen molar-refractivity contribution in [1.29, 1.82) is 0 Å². The first kappa shape index (κ1) is 17.6. The molecule has 0 bridgehead atoms. The molecule has 0 unspecified atom stereocenters. The molecule has 1 N–H and O–H groups in total. The van der Waals surface area contributed by atoms with E-state index in [1.807, 2.05) is 31.2 Å². The highest BCUT2D eigenvalue weighted by Gasteiger charge is 2.39. The van der Waals surface area contributed by atoms with E-state index in [1.165, 1.54) is 11.0 Å². The van der Waals surface area contributed by atoms with Crippen LogP contribution >= 0.6 is 0 Å². The van der Waals surface area contributed by atoms with Gasteiger partial charge in [0, 0.05) is 12.5 Å². The van der Waals surface area contributed by atoms with Crippen LogP contribution in [0, 0.1) is 12.8 Å². The van der Waals surface area contributed by atoms with Gasteiger partial charge in [-0.2, -0.15) is 0 Å². The predicted molar refractivity (Wildman–Crippen MR) is 98.6 cm³/mol. The van der Waals surface area contributed by atoms with Gasteiger partial charge in [-0.25, -0.2) is 4.79 Å². The summed E-state index contributed by atoms with van der Waals surface area (Å²) in [4.78, 5) is 37.1. The number of amides is 2. The molecular weight excluding hydrogens is 330 g/mol. The summed E-state index contributed by atoms with van der Waals surface area (Å²) in [6, 6.07) is 14.7. The van der Waals surface area contributed by atoms with E-state index >= 15 is 0 Å². The number of nitrogens with zero attached hydrogens (tertiary/aromatic N) is 1. The Balaban J connectivity index is 1.81. The number of carboxylic acid groups (broad SMARTS) is 1. The van der Waals surface area contributed by atoms with Crippen LogP contribution in [0.15, 0.2) is 54.6 Å². The lowest BCUT2D eigenvalue weighted by Crippen LogP contribution is -2.30. The minimum absolute atomic E-state index is 0.183. The standard InChI is InChI=1S/C21H19NO4/c1-14-4-2-6-16(10-14)11-17-13-19(23)22(21(17)26)18-7-3-5-15(12-18)8-9-20(24)25/h2-10,12,17H,11,13H2,1H3,(H,24,25)/b9-8+/t17-/m1/s1. The maximum atomic E-state index is 12.8. The number of hydrogen-bond acceptors (Lipinski definition) is 3. The molecule has 0 aromatic heterocycles. The summed E-state index contributed by atoms with van der Waals surface area (Å²) < 4.78 is 0. The van der Waals surface area contributed by atoms with E-state index in [-0.39, 0.29) is 24.2 Å².